The molecule has 0 aliphatic heterocycles. The number of aromatic hydroxyl groups is 2. The van der Waals surface area contributed by atoms with Gasteiger partial charge in [0.1, 0.15) is 5.75 Å². The van der Waals surface area contributed by atoms with Gasteiger partial charge in [-0.1, -0.05) is 18.2 Å². The summed E-state index contributed by atoms with van der Waals surface area (Å²) in [5.41, 5.74) is 1.64. The first-order chi connectivity index (χ1) is 11.1. The zero-order valence-electron chi connectivity index (χ0n) is 12.7. The fourth-order valence-corrected chi connectivity index (χ4v) is 1.92. The molecule has 0 bridgehead atoms. The highest BCUT2D eigenvalue weighted by molar-refractivity contribution is 5.87. The molecule has 0 spiro atoms. The minimum absolute atomic E-state index is 0.204. The van der Waals surface area contributed by atoms with Crippen LogP contribution in [0.4, 0.5) is 0 Å². The highest BCUT2D eigenvalue weighted by Gasteiger charge is 2.01. The standard InChI is InChI=1S/C18H18O5/c1-22-15-6-2-13(3-7-15)10-11-23-18(21)9-5-14-4-8-16(19)17(20)12-14/h2-9,12,19-20H,10-11H2,1H3/b9-5+. The van der Waals surface area contributed by atoms with Gasteiger partial charge in [-0.25, -0.2) is 4.79 Å². The molecular weight excluding hydrogens is 296 g/mol. The van der Waals surface area contributed by atoms with Crippen LogP contribution in [0.2, 0.25) is 0 Å². The third-order valence-electron chi connectivity index (χ3n) is 3.21. The maximum atomic E-state index is 11.6. The molecule has 2 aromatic carbocycles. The largest absolute Gasteiger partial charge is 0.504 e. The number of methoxy groups -OCH3 is 1. The molecule has 0 atom stereocenters. The van der Waals surface area contributed by atoms with Gasteiger partial charge in [-0.3, -0.25) is 0 Å². The Bertz CT molecular complexity index is 689. The Morgan fingerprint density at radius 2 is 1.83 bits per heavy atom. The highest BCUT2D eigenvalue weighted by Crippen LogP contribution is 2.25. The molecule has 5 nitrogen and oxygen atoms in total. The Labute approximate surface area is 134 Å². The van der Waals surface area contributed by atoms with Crippen LogP contribution in [-0.4, -0.2) is 29.9 Å². The summed E-state index contributed by atoms with van der Waals surface area (Å²) < 4.78 is 10.2. The van der Waals surface area contributed by atoms with Crippen molar-refractivity contribution in [3.05, 3.63) is 59.7 Å². The smallest absolute Gasteiger partial charge is 0.330 e. The number of ether oxygens (including phenoxy) is 2. The maximum absolute atomic E-state index is 11.6. The molecule has 0 aliphatic carbocycles. The van der Waals surface area contributed by atoms with Crippen molar-refractivity contribution in [1.82, 2.24) is 0 Å². The van der Waals surface area contributed by atoms with Crippen LogP contribution in [0.3, 0.4) is 0 Å². The number of hydrogen-bond acceptors (Lipinski definition) is 5. The summed E-state index contributed by atoms with van der Waals surface area (Å²) in [5.74, 6) is -0.124. The predicted octanol–water partition coefficient (Wildman–Crippen LogP) is 2.91. The Morgan fingerprint density at radius 3 is 2.48 bits per heavy atom. The van der Waals surface area contributed by atoms with Crippen molar-refractivity contribution < 1.29 is 24.5 Å². The third-order valence-corrected chi connectivity index (χ3v) is 3.21. The molecular formula is C18H18O5. The van der Waals surface area contributed by atoms with Gasteiger partial charge in [0.05, 0.1) is 13.7 Å². The number of hydrogen-bond donors (Lipinski definition) is 2. The van der Waals surface area contributed by atoms with Crippen LogP contribution in [0.5, 0.6) is 17.2 Å². The second-order valence-corrected chi connectivity index (χ2v) is 4.85. The summed E-state index contributed by atoms with van der Waals surface area (Å²) in [6.45, 7) is 0.274. The molecule has 120 valence electrons. The number of carbonyl (C=O) groups excluding carboxylic acids is 1. The summed E-state index contributed by atoms with van der Waals surface area (Å²) in [6.07, 6.45) is 3.40. The van der Waals surface area contributed by atoms with Crippen molar-refractivity contribution in [1.29, 1.82) is 0 Å². The third kappa shape index (κ3) is 5.07. The molecule has 0 aromatic heterocycles. The van der Waals surface area contributed by atoms with E-state index in [9.17, 15) is 15.0 Å². The number of benzene rings is 2. The van der Waals surface area contributed by atoms with E-state index in [0.717, 1.165) is 11.3 Å². The first-order valence-corrected chi connectivity index (χ1v) is 7.08. The SMILES string of the molecule is COc1ccc(CCOC(=O)/C=C/c2ccc(O)c(O)c2)cc1. The van der Waals surface area contributed by atoms with Gasteiger partial charge in [-0.2, -0.15) is 0 Å². The molecule has 23 heavy (non-hydrogen) atoms. The zero-order chi connectivity index (χ0) is 16.7. The fraction of sp³-hybridized carbons (Fsp3) is 0.167. The number of carbonyl (C=O) groups is 1. The molecule has 5 heteroatoms. The van der Waals surface area contributed by atoms with Crippen molar-refractivity contribution in [2.24, 2.45) is 0 Å². The van der Waals surface area contributed by atoms with Gasteiger partial charge in [0.15, 0.2) is 11.5 Å². The van der Waals surface area contributed by atoms with E-state index in [1.54, 1.807) is 13.2 Å². The van der Waals surface area contributed by atoms with Crippen molar-refractivity contribution in [2.75, 3.05) is 13.7 Å². The molecule has 2 aromatic rings. The number of phenols is 2. The Hall–Kier alpha value is -2.95. The van der Waals surface area contributed by atoms with E-state index in [1.807, 2.05) is 24.3 Å². The summed E-state index contributed by atoms with van der Waals surface area (Å²) in [6, 6.07) is 11.8. The van der Waals surface area contributed by atoms with Crippen LogP contribution in [0, 0.1) is 0 Å². The first kappa shape index (κ1) is 16.4. The van der Waals surface area contributed by atoms with E-state index in [1.165, 1.54) is 24.3 Å². The molecule has 0 heterocycles. The van der Waals surface area contributed by atoms with Crippen LogP contribution >= 0.6 is 0 Å². The monoisotopic (exact) mass is 314 g/mol. The zero-order valence-corrected chi connectivity index (χ0v) is 12.7. The molecule has 0 amide bonds. The van der Waals surface area contributed by atoms with Gasteiger partial charge in [0.25, 0.3) is 0 Å². The lowest BCUT2D eigenvalue weighted by atomic mass is 10.1. The van der Waals surface area contributed by atoms with Crippen LogP contribution in [0.15, 0.2) is 48.5 Å². The van der Waals surface area contributed by atoms with Crippen LogP contribution in [-0.2, 0) is 16.0 Å². The lowest BCUT2D eigenvalue weighted by Crippen LogP contribution is -2.04. The fourth-order valence-electron chi connectivity index (χ4n) is 1.92. The molecule has 0 aliphatic rings. The summed E-state index contributed by atoms with van der Waals surface area (Å²) in [4.78, 5) is 11.6. The van der Waals surface area contributed by atoms with Gasteiger partial charge in [-0.05, 0) is 41.5 Å². The van der Waals surface area contributed by atoms with Crippen molar-refractivity contribution in [3.63, 3.8) is 0 Å². The molecule has 2 N–H and O–H groups in total. The maximum Gasteiger partial charge on any atom is 0.330 e. The van der Waals surface area contributed by atoms with E-state index in [0.29, 0.717) is 12.0 Å². The number of phenolic OH excluding ortho intramolecular Hbond substituents is 2. The van der Waals surface area contributed by atoms with Gasteiger partial charge in [-0.15, -0.1) is 0 Å². The van der Waals surface area contributed by atoms with E-state index in [2.05, 4.69) is 0 Å². The van der Waals surface area contributed by atoms with Crippen LogP contribution in [0.1, 0.15) is 11.1 Å². The Balaban J connectivity index is 1.80. The molecule has 0 fully saturated rings. The highest BCUT2D eigenvalue weighted by atomic mass is 16.5. The molecule has 0 saturated heterocycles. The van der Waals surface area contributed by atoms with Gasteiger partial charge in [0, 0.05) is 12.5 Å². The van der Waals surface area contributed by atoms with E-state index in [-0.39, 0.29) is 18.1 Å². The summed E-state index contributed by atoms with van der Waals surface area (Å²) in [7, 11) is 1.61. The summed E-state index contributed by atoms with van der Waals surface area (Å²) >= 11 is 0. The van der Waals surface area contributed by atoms with Gasteiger partial charge < -0.3 is 19.7 Å². The van der Waals surface area contributed by atoms with Crippen molar-refractivity contribution in [2.45, 2.75) is 6.42 Å². The second-order valence-electron chi connectivity index (χ2n) is 4.85. The van der Waals surface area contributed by atoms with Crippen molar-refractivity contribution >= 4 is 12.0 Å². The molecule has 0 saturated carbocycles. The lowest BCUT2D eigenvalue weighted by molar-refractivity contribution is -0.137. The molecule has 0 radical (unpaired) electrons. The second kappa shape index (κ2) is 7.89. The van der Waals surface area contributed by atoms with Crippen molar-refractivity contribution in [3.8, 4) is 17.2 Å². The summed E-state index contributed by atoms with van der Waals surface area (Å²) in [5, 5.41) is 18.6. The first-order valence-electron chi connectivity index (χ1n) is 7.08. The van der Waals surface area contributed by atoms with E-state index < -0.39 is 5.97 Å². The average molecular weight is 314 g/mol. The average Bonchev–Trinajstić information content (AvgIpc) is 2.56. The topological polar surface area (TPSA) is 76.0 Å². The normalized spacial score (nSPS) is 10.7. The predicted molar refractivity (Wildman–Crippen MR) is 86.5 cm³/mol. The quantitative estimate of drug-likeness (QED) is 0.487. The minimum atomic E-state index is -0.467. The van der Waals surface area contributed by atoms with E-state index >= 15 is 0 Å². The van der Waals surface area contributed by atoms with Crippen LogP contribution < -0.4 is 4.74 Å². The Morgan fingerprint density at radius 1 is 1.09 bits per heavy atom. The van der Waals surface area contributed by atoms with E-state index in [4.69, 9.17) is 9.47 Å². The number of rotatable bonds is 6. The van der Waals surface area contributed by atoms with Crippen LogP contribution in [0.25, 0.3) is 6.08 Å². The molecule has 2 rings (SSSR count). The molecule has 0 unspecified atom stereocenters. The lowest BCUT2D eigenvalue weighted by Gasteiger charge is -2.04. The number of esters is 1. The minimum Gasteiger partial charge on any atom is -0.504 e. The van der Waals surface area contributed by atoms with Gasteiger partial charge in [0.2, 0.25) is 0 Å². The van der Waals surface area contributed by atoms with Gasteiger partial charge >= 0.3 is 5.97 Å². The Kier molecular flexibility index (Phi) is 5.63.